The Hall–Kier alpha value is -2.48. The summed E-state index contributed by atoms with van der Waals surface area (Å²) in [7, 11) is 0. The Morgan fingerprint density at radius 2 is 1.76 bits per heavy atom. The average Bonchev–Trinajstić information content (AvgIpc) is 2.47. The molecule has 2 rings (SSSR count). The predicted octanol–water partition coefficient (Wildman–Crippen LogP) is 4.75. The van der Waals surface area contributed by atoms with Gasteiger partial charge in [0.15, 0.2) is 0 Å². The Kier molecular flexibility index (Phi) is 4.18. The first-order chi connectivity index (χ1) is 9.90. The largest absolute Gasteiger partial charge is 0.416 e. The van der Waals surface area contributed by atoms with Crippen molar-refractivity contribution in [2.24, 2.45) is 0 Å². The minimum Gasteiger partial charge on any atom is -0.379 e. The van der Waals surface area contributed by atoms with Crippen molar-refractivity contribution in [3.63, 3.8) is 0 Å². The zero-order chi connectivity index (χ0) is 15.5. The van der Waals surface area contributed by atoms with Gasteiger partial charge in [-0.25, -0.2) is 0 Å². The van der Waals surface area contributed by atoms with Crippen molar-refractivity contribution in [2.45, 2.75) is 19.1 Å². The second-order valence-electron chi connectivity index (χ2n) is 4.68. The van der Waals surface area contributed by atoms with Crippen LogP contribution in [-0.2, 0) is 6.18 Å². The van der Waals surface area contributed by atoms with Crippen LogP contribution in [0.25, 0.3) is 0 Å². The molecule has 0 aromatic heterocycles. The van der Waals surface area contributed by atoms with Crippen LogP contribution >= 0.6 is 0 Å². The first-order valence-corrected chi connectivity index (χ1v) is 6.34. The molecule has 21 heavy (non-hydrogen) atoms. The molecule has 0 radical (unpaired) electrons. The highest BCUT2D eigenvalue weighted by molar-refractivity contribution is 5.49. The summed E-state index contributed by atoms with van der Waals surface area (Å²) in [6.45, 7) is 1.79. The van der Waals surface area contributed by atoms with E-state index in [2.05, 4.69) is 5.32 Å². The Balaban J connectivity index is 2.16. The van der Waals surface area contributed by atoms with Crippen LogP contribution in [0.4, 0.5) is 18.9 Å². The molecule has 0 bridgehead atoms. The van der Waals surface area contributed by atoms with E-state index in [1.807, 2.05) is 6.07 Å². The second kappa shape index (κ2) is 5.88. The molecule has 0 fully saturated rings. The summed E-state index contributed by atoms with van der Waals surface area (Å²) >= 11 is 0. The molecule has 2 aromatic carbocycles. The van der Waals surface area contributed by atoms with E-state index >= 15 is 0 Å². The highest BCUT2D eigenvalue weighted by Crippen LogP contribution is 2.31. The van der Waals surface area contributed by atoms with Gasteiger partial charge < -0.3 is 5.32 Å². The Bertz CT molecular complexity index is 654. The third-order valence-corrected chi connectivity index (χ3v) is 3.11. The molecule has 2 aromatic rings. The lowest BCUT2D eigenvalue weighted by Crippen LogP contribution is -2.10. The van der Waals surface area contributed by atoms with Crippen LogP contribution in [-0.4, -0.2) is 0 Å². The third-order valence-electron chi connectivity index (χ3n) is 3.11. The van der Waals surface area contributed by atoms with Gasteiger partial charge in [0, 0.05) is 11.7 Å². The molecule has 0 aliphatic rings. The lowest BCUT2D eigenvalue weighted by molar-refractivity contribution is -0.137. The van der Waals surface area contributed by atoms with Gasteiger partial charge in [-0.05, 0) is 48.9 Å². The third kappa shape index (κ3) is 3.76. The Labute approximate surface area is 120 Å². The van der Waals surface area contributed by atoms with E-state index < -0.39 is 11.7 Å². The molecule has 0 heterocycles. The molecule has 108 valence electrons. The fourth-order valence-corrected chi connectivity index (χ4v) is 1.96. The number of hydrogen-bond acceptors (Lipinski definition) is 2. The molecule has 0 aliphatic carbocycles. The van der Waals surface area contributed by atoms with E-state index in [1.165, 1.54) is 6.07 Å². The van der Waals surface area contributed by atoms with Crippen molar-refractivity contribution < 1.29 is 13.2 Å². The van der Waals surface area contributed by atoms with Crippen LogP contribution in [0.5, 0.6) is 0 Å². The summed E-state index contributed by atoms with van der Waals surface area (Å²) in [5.41, 5.74) is 1.17. The lowest BCUT2D eigenvalue weighted by Gasteiger charge is -2.17. The molecule has 0 saturated carbocycles. The van der Waals surface area contributed by atoms with E-state index in [9.17, 15) is 13.2 Å². The van der Waals surface area contributed by atoms with Crippen LogP contribution in [0.1, 0.15) is 29.7 Å². The SMILES string of the molecule is CC(Nc1ccc(C#N)cc1)c1cccc(C(F)(F)F)c1. The van der Waals surface area contributed by atoms with Gasteiger partial charge in [0.1, 0.15) is 0 Å². The summed E-state index contributed by atoms with van der Waals surface area (Å²) in [5.74, 6) is 0. The van der Waals surface area contributed by atoms with E-state index in [0.29, 0.717) is 11.1 Å². The normalized spacial score (nSPS) is 12.5. The number of nitrogens with zero attached hydrogens (tertiary/aromatic N) is 1. The Morgan fingerprint density at radius 1 is 1.10 bits per heavy atom. The van der Waals surface area contributed by atoms with Crippen molar-refractivity contribution >= 4 is 5.69 Å². The first-order valence-electron chi connectivity index (χ1n) is 6.34. The van der Waals surface area contributed by atoms with E-state index in [1.54, 1.807) is 37.3 Å². The van der Waals surface area contributed by atoms with Crippen molar-refractivity contribution in [3.05, 3.63) is 65.2 Å². The van der Waals surface area contributed by atoms with E-state index in [0.717, 1.165) is 17.8 Å². The molecule has 1 N–H and O–H groups in total. The maximum absolute atomic E-state index is 12.7. The molecule has 0 saturated heterocycles. The van der Waals surface area contributed by atoms with Crippen LogP contribution < -0.4 is 5.32 Å². The fraction of sp³-hybridized carbons (Fsp3) is 0.188. The summed E-state index contributed by atoms with van der Waals surface area (Å²) in [5, 5.41) is 11.8. The van der Waals surface area contributed by atoms with E-state index in [4.69, 9.17) is 5.26 Å². The quantitative estimate of drug-likeness (QED) is 0.885. The van der Waals surface area contributed by atoms with Crippen molar-refractivity contribution in [3.8, 4) is 6.07 Å². The van der Waals surface area contributed by atoms with Crippen molar-refractivity contribution in [1.29, 1.82) is 5.26 Å². The topological polar surface area (TPSA) is 35.8 Å². The van der Waals surface area contributed by atoms with Gasteiger partial charge in [0.05, 0.1) is 17.2 Å². The molecule has 2 nitrogen and oxygen atoms in total. The highest BCUT2D eigenvalue weighted by Gasteiger charge is 2.30. The first kappa shape index (κ1) is 14.9. The molecule has 1 unspecified atom stereocenters. The Morgan fingerprint density at radius 3 is 2.33 bits per heavy atom. The zero-order valence-corrected chi connectivity index (χ0v) is 11.3. The smallest absolute Gasteiger partial charge is 0.379 e. The molecule has 0 spiro atoms. The van der Waals surface area contributed by atoms with Crippen LogP contribution in [0.3, 0.4) is 0 Å². The van der Waals surface area contributed by atoms with Crippen molar-refractivity contribution in [2.75, 3.05) is 5.32 Å². The van der Waals surface area contributed by atoms with Gasteiger partial charge in [-0.2, -0.15) is 18.4 Å². The number of halogens is 3. The summed E-state index contributed by atoms with van der Waals surface area (Å²) in [6.07, 6.45) is -4.34. The summed E-state index contributed by atoms with van der Waals surface area (Å²) in [4.78, 5) is 0. The van der Waals surface area contributed by atoms with Crippen LogP contribution in [0.15, 0.2) is 48.5 Å². The highest BCUT2D eigenvalue weighted by atomic mass is 19.4. The molecule has 0 amide bonds. The van der Waals surface area contributed by atoms with Gasteiger partial charge in [-0.1, -0.05) is 12.1 Å². The molecule has 1 atom stereocenters. The van der Waals surface area contributed by atoms with Gasteiger partial charge in [0.2, 0.25) is 0 Å². The average molecular weight is 290 g/mol. The molecular weight excluding hydrogens is 277 g/mol. The number of nitrogens with one attached hydrogen (secondary N) is 1. The van der Waals surface area contributed by atoms with Gasteiger partial charge in [-0.15, -0.1) is 0 Å². The minimum absolute atomic E-state index is 0.278. The van der Waals surface area contributed by atoms with E-state index in [-0.39, 0.29) is 6.04 Å². The number of alkyl halides is 3. The van der Waals surface area contributed by atoms with Gasteiger partial charge >= 0.3 is 6.18 Å². The van der Waals surface area contributed by atoms with Gasteiger partial charge in [-0.3, -0.25) is 0 Å². The number of rotatable bonds is 3. The van der Waals surface area contributed by atoms with Gasteiger partial charge in [0.25, 0.3) is 0 Å². The maximum atomic E-state index is 12.7. The fourth-order valence-electron chi connectivity index (χ4n) is 1.96. The van der Waals surface area contributed by atoms with Crippen LogP contribution in [0, 0.1) is 11.3 Å². The van der Waals surface area contributed by atoms with Crippen molar-refractivity contribution in [1.82, 2.24) is 0 Å². The number of benzene rings is 2. The number of hydrogen-bond donors (Lipinski definition) is 1. The second-order valence-corrected chi connectivity index (χ2v) is 4.68. The predicted molar refractivity (Wildman–Crippen MR) is 74.6 cm³/mol. The minimum atomic E-state index is -4.34. The zero-order valence-electron chi connectivity index (χ0n) is 11.3. The molecule has 0 aliphatic heterocycles. The maximum Gasteiger partial charge on any atom is 0.416 e. The monoisotopic (exact) mass is 290 g/mol. The molecule has 5 heteroatoms. The summed E-state index contributed by atoms with van der Waals surface area (Å²) in [6, 6.07) is 13.7. The summed E-state index contributed by atoms with van der Waals surface area (Å²) < 4.78 is 38.1. The van der Waals surface area contributed by atoms with Crippen LogP contribution in [0.2, 0.25) is 0 Å². The lowest BCUT2D eigenvalue weighted by atomic mass is 10.0. The number of anilines is 1. The number of nitriles is 1. The molecular formula is C16H13F3N2. The standard InChI is InChI=1S/C16H13F3N2/c1-11(21-15-7-5-12(10-20)6-8-15)13-3-2-4-14(9-13)16(17,18)19/h2-9,11,21H,1H3.